The second-order valence-electron chi connectivity index (χ2n) is 6.95. The molecule has 1 aliphatic carbocycles. The topological polar surface area (TPSA) is 72.6 Å². The molecule has 130 valence electrons. The summed E-state index contributed by atoms with van der Waals surface area (Å²) in [6.45, 7) is 0.888. The predicted molar refractivity (Wildman–Crippen MR) is 86.7 cm³/mol. The summed E-state index contributed by atoms with van der Waals surface area (Å²) in [5.74, 6) is -0.742. The van der Waals surface area contributed by atoms with Gasteiger partial charge >= 0.3 is 0 Å². The maximum atomic E-state index is 13.3. The number of hydrogen-bond donors (Lipinski definition) is 1. The van der Waals surface area contributed by atoms with Crippen molar-refractivity contribution in [2.75, 3.05) is 20.3 Å². The number of nitrogens with two attached hydrogens (primary N) is 1. The van der Waals surface area contributed by atoms with Gasteiger partial charge in [0.15, 0.2) is 0 Å². The van der Waals surface area contributed by atoms with Crippen molar-refractivity contribution in [2.45, 2.75) is 43.1 Å². The van der Waals surface area contributed by atoms with E-state index in [-0.39, 0.29) is 18.1 Å². The average Bonchev–Trinajstić information content (AvgIpc) is 3.24. The molecule has 0 unspecified atom stereocenters. The molecule has 1 aromatic rings. The van der Waals surface area contributed by atoms with Crippen molar-refractivity contribution in [3.8, 4) is 0 Å². The van der Waals surface area contributed by atoms with Gasteiger partial charge in [-0.1, -0.05) is 12.1 Å². The highest BCUT2D eigenvalue weighted by Gasteiger charge is 2.57. The highest BCUT2D eigenvalue weighted by Crippen LogP contribution is 2.51. The number of benzene rings is 1. The van der Waals surface area contributed by atoms with Crippen LogP contribution in [0.5, 0.6) is 0 Å². The number of carbonyl (C=O) groups excluding carboxylic acids is 2. The second kappa shape index (κ2) is 6.16. The van der Waals surface area contributed by atoms with E-state index in [0.29, 0.717) is 19.6 Å². The molecule has 1 atom stereocenters. The normalized spacial score (nSPS) is 24.8. The highest BCUT2D eigenvalue weighted by atomic mass is 19.1. The molecule has 1 aromatic carbocycles. The lowest BCUT2D eigenvalue weighted by Gasteiger charge is -2.39. The minimum absolute atomic E-state index is 0.00454. The van der Waals surface area contributed by atoms with Gasteiger partial charge in [0.05, 0.1) is 24.0 Å². The van der Waals surface area contributed by atoms with Gasteiger partial charge in [-0.2, -0.15) is 0 Å². The number of carbonyl (C=O) groups is 2. The molecule has 5 nitrogen and oxygen atoms in total. The zero-order valence-corrected chi connectivity index (χ0v) is 13.9. The Morgan fingerprint density at radius 3 is 2.46 bits per heavy atom. The number of rotatable bonds is 6. The second-order valence-corrected chi connectivity index (χ2v) is 6.95. The van der Waals surface area contributed by atoms with E-state index in [1.54, 1.807) is 24.1 Å². The minimum Gasteiger partial charge on any atom is -0.382 e. The number of hydrogen-bond acceptors (Lipinski definition) is 3. The minimum atomic E-state index is -0.659. The first-order chi connectivity index (χ1) is 11.4. The molecule has 1 saturated carbocycles. The van der Waals surface area contributed by atoms with Crippen molar-refractivity contribution in [1.82, 2.24) is 4.90 Å². The van der Waals surface area contributed by atoms with E-state index >= 15 is 0 Å². The summed E-state index contributed by atoms with van der Waals surface area (Å²) < 4.78 is 18.5. The third-order valence-corrected chi connectivity index (χ3v) is 5.31. The molecule has 0 aromatic heterocycles. The van der Waals surface area contributed by atoms with Crippen LogP contribution in [0.4, 0.5) is 4.39 Å². The van der Waals surface area contributed by atoms with Gasteiger partial charge in [-0.15, -0.1) is 0 Å². The third-order valence-electron chi connectivity index (χ3n) is 5.31. The Morgan fingerprint density at radius 1 is 1.25 bits per heavy atom. The van der Waals surface area contributed by atoms with E-state index < -0.39 is 16.9 Å². The first kappa shape index (κ1) is 16.9. The predicted octanol–water partition coefficient (Wildman–Crippen LogP) is 1.74. The molecule has 2 amide bonds. The van der Waals surface area contributed by atoms with Gasteiger partial charge in [-0.25, -0.2) is 4.39 Å². The quantitative estimate of drug-likeness (QED) is 0.861. The molecule has 1 aliphatic heterocycles. The van der Waals surface area contributed by atoms with E-state index in [1.165, 1.54) is 12.1 Å². The van der Waals surface area contributed by atoms with Crippen LogP contribution in [0.3, 0.4) is 0 Å². The van der Waals surface area contributed by atoms with Crippen molar-refractivity contribution < 1.29 is 18.7 Å². The smallest absolute Gasteiger partial charge is 0.233 e. The Labute approximate surface area is 141 Å². The van der Waals surface area contributed by atoms with Crippen LogP contribution >= 0.6 is 0 Å². The summed E-state index contributed by atoms with van der Waals surface area (Å²) in [5, 5.41) is 0. The molecule has 0 bridgehead atoms. The Balaban J connectivity index is 1.90. The van der Waals surface area contributed by atoms with E-state index in [0.717, 1.165) is 24.8 Å². The highest BCUT2D eigenvalue weighted by molar-refractivity contribution is 5.92. The third kappa shape index (κ3) is 2.79. The van der Waals surface area contributed by atoms with Crippen molar-refractivity contribution >= 4 is 11.8 Å². The molecule has 0 spiro atoms. The van der Waals surface area contributed by atoms with Gasteiger partial charge in [0.2, 0.25) is 11.8 Å². The first-order valence-corrected chi connectivity index (χ1v) is 8.29. The maximum absolute atomic E-state index is 13.3. The molecule has 1 heterocycles. The number of nitrogens with zero attached hydrogens (tertiary/aromatic N) is 1. The van der Waals surface area contributed by atoms with Crippen LogP contribution in [0, 0.1) is 5.82 Å². The molecule has 3 rings (SSSR count). The molecule has 2 N–H and O–H groups in total. The molecule has 24 heavy (non-hydrogen) atoms. The number of primary amides is 1. The van der Waals surface area contributed by atoms with Gasteiger partial charge < -0.3 is 15.4 Å². The Bertz CT molecular complexity index is 642. The van der Waals surface area contributed by atoms with Crippen LogP contribution in [-0.4, -0.2) is 42.5 Å². The van der Waals surface area contributed by atoms with E-state index in [9.17, 15) is 14.0 Å². The van der Waals surface area contributed by atoms with Crippen LogP contribution in [0.25, 0.3) is 0 Å². The SMILES string of the molecule is COC[C@@]1(CC(N)=O)CCCN1C(=O)C1(c2ccc(F)cc2)CC1. The number of methoxy groups -OCH3 is 1. The largest absolute Gasteiger partial charge is 0.382 e. The summed E-state index contributed by atoms with van der Waals surface area (Å²) in [7, 11) is 1.57. The monoisotopic (exact) mass is 334 g/mol. The zero-order chi connectivity index (χ0) is 17.4. The van der Waals surface area contributed by atoms with Gasteiger partial charge in [0.1, 0.15) is 5.82 Å². The first-order valence-electron chi connectivity index (χ1n) is 8.29. The molecule has 2 fully saturated rings. The lowest BCUT2D eigenvalue weighted by Crippen LogP contribution is -2.55. The fraction of sp³-hybridized carbons (Fsp3) is 0.556. The number of likely N-dealkylation sites (tertiary alicyclic amines) is 1. The van der Waals surface area contributed by atoms with Gasteiger partial charge in [-0.05, 0) is 43.4 Å². The average molecular weight is 334 g/mol. The van der Waals surface area contributed by atoms with Crippen LogP contribution in [-0.2, 0) is 19.7 Å². The van der Waals surface area contributed by atoms with Crippen LogP contribution in [0.1, 0.15) is 37.7 Å². The summed E-state index contributed by atoms with van der Waals surface area (Å²) in [6.07, 6.45) is 3.12. The maximum Gasteiger partial charge on any atom is 0.233 e. The lowest BCUT2D eigenvalue weighted by molar-refractivity contribution is -0.141. The summed E-state index contributed by atoms with van der Waals surface area (Å²) >= 11 is 0. The fourth-order valence-electron chi connectivity index (χ4n) is 4.01. The lowest BCUT2D eigenvalue weighted by atomic mass is 9.88. The van der Waals surface area contributed by atoms with Gasteiger partial charge in [0, 0.05) is 13.7 Å². The summed E-state index contributed by atoms with van der Waals surface area (Å²) in [6, 6.07) is 6.14. The van der Waals surface area contributed by atoms with Crippen molar-refractivity contribution in [3.05, 3.63) is 35.6 Å². The van der Waals surface area contributed by atoms with Crippen LogP contribution in [0.2, 0.25) is 0 Å². The molecule has 6 heteroatoms. The Morgan fingerprint density at radius 2 is 1.92 bits per heavy atom. The zero-order valence-electron chi connectivity index (χ0n) is 13.9. The number of ether oxygens (including phenoxy) is 1. The van der Waals surface area contributed by atoms with Crippen molar-refractivity contribution in [2.24, 2.45) is 5.73 Å². The van der Waals surface area contributed by atoms with Crippen LogP contribution in [0.15, 0.2) is 24.3 Å². The molecule has 0 radical (unpaired) electrons. The van der Waals surface area contributed by atoms with E-state index in [1.807, 2.05) is 0 Å². The molecule has 1 saturated heterocycles. The Kier molecular flexibility index (Phi) is 4.34. The molecule has 2 aliphatic rings. The Hall–Kier alpha value is -1.95. The number of amides is 2. The van der Waals surface area contributed by atoms with Gasteiger partial charge in [-0.3, -0.25) is 9.59 Å². The summed E-state index contributed by atoms with van der Waals surface area (Å²) in [5.41, 5.74) is 5.02. The number of halogens is 1. The van der Waals surface area contributed by atoms with Crippen molar-refractivity contribution in [3.63, 3.8) is 0 Å². The van der Waals surface area contributed by atoms with Crippen LogP contribution < -0.4 is 5.73 Å². The molecular formula is C18H23FN2O3. The fourth-order valence-corrected chi connectivity index (χ4v) is 4.01. The van der Waals surface area contributed by atoms with E-state index in [2.05, 4.69) is 0 Å². The van der Waals surface area contributed by atoms with E-state index in [4.69, 9.17) is 10.5 Å². The summed E-state index contributed by atoms with van der Waals surface area (Å²) in [4.78, 5) is 26.7. The molecular weight excluding hydrogens is 311 g/mol. The van der Waals surface area contributed by atoms with Gasteiger partial charge in [0.25, 0.3) is 0 Å². The van der Waals surface area contributed by atoms with Crippen molar-refractivity contribution in [1.29, 1.82) is 0 Å². The standard InChI is InChI=1S/C18H23FN2O3/c1-24-12-17(11-15(20)22)7-2-10-21(17)16(23)18(8-9-18)13-3-5-14(19)6-4-13/h3-6H,2,7-12H2,1H3,(H2,20,22)/t17-/m0/s1.